The van der Waals surface area contributed by atoms with E-state index >= 15 is 0 Å². The molecule has 2 N–H and O–H groups in total. The Morgan fingerprint density at radius 2 is 1.91 bits per heavy atom. The Labute approximate surface area is 64.9 Å². The van der Waals surface area contributed by atoms with Gasteiger partial charge in [0.05, 0.1) is 0 Å². The Morgan fingerprint density at radius 3 is 2.36 bits per heavy atom. The summed E-state index contributed by atoms with van der Waals surface area (Å²) in [5, 5.41) is 4.61. The molecule has 0 atom stereocenters. The van der Waals surface area contributed by atoms with Crippen LogP contribution in [0.15, 0.2) is 24.3 Å². The summed E-state index contributed by atoms with van der Waals surface area (Å²) in [6.07, 6.45) is 0. The number of rotatable bonds is 2. The van der Waals surface area contributed by atoms with Crippen molar-refractivity contribution in [2.24, 2.45) is 5.14 Å². The van der Waals surface area contributed by atoms with Gasteiger partial charge in [0, 0.05) is 0 Å². The van der Waals surface area contributed by atoms with E-state index in [-0.39, 0.29) is 5.75 Å². The highest BCUT2D eigenvalue weighted by atomic mass is 32.2. The van der Waals surface area contributed by atoms with Crippen molar-refractivity contribution in [2.75, 3.05) is 0 Å². The molecule has 0 aliphatic rings. The van der Waals surface area contributed by atoms with Crippen molar-refractivity contribution in [1.82, 2.24) is 0 Å². The van der Waals surface area contributed by atoms with E-state index in [1.54, 1.807) is 0 Å². The summed E-state index contributed by atoms with van der Waals surface area (Å²) in [6, 6.07) is 8.66. The standard InChI is InChI=1S/C6H6NO3S/c7-11(8,9)10-6-4-2-1-3-5-6/h2-5H,(H2,7,8,9). The van der Waals surface area contributed by atoms with Crippen molar-refractivity contribution in [1.29, 1.82) is 0 Å². The molecular formula is C6H6NO3S. The lowest BCUT2D eigenvalue weighted by Gasteiger charge is -1.99. The van der Waals surface area contributed by atoms with Gasteiger partial charge >= 0.3 is 10.3 Å². The van der Waals surface area contributed by atoms with Gasteiger partial charge in [-0.2, -0.15) is 13.6 Å². The number of hydrogen-bond acceptors (Lipinski definition) is 3. The van der Waals surface area contributed by atoms with Gasteiger partial charge in [0.2, 0.25) is 0 Å². The lowest BCUT2D eigenvalue weighted by atomic mass is 10.3. The summed E-state index contributed by atoms with van der Waals surface area (Å²) in [4.78, 5) is 0. The van der Waals surface area contributed by atoms with Crippen LogP contribution in [0.2, 0.25) is 0 Å². The molecule has 0 bridgehead atoms. The van der Waals surface area contributed by atoms with Gasteiger partial charge in [-0.25, -0.2) is 0 Å². The fraction of sp³-hybridized carbons (Fsp3) is 0. The smallest absolute Gasteiger partial charge is 0.371 e. The highest BCUT2D eigenvalue weighted by Gasteiger charge is 2.02. The minimum absolute atomic E-state index is 0.186. The molecule has 0 amide bonds. The minimum Gasteiger partial charge on any atom is -0.371 e. The summed E-state index contributed by atoms with van der Waals surface area (Å²) in [6.45, 7) is 0. The topological polar surface area (TPSA) is 69.4 Å². The van der Waals surface area contributed by atoms with Crippen LogP contribution in [0.4, 0.5) is 0 Å². The first-order valence-electron chi connectivity index (χ1n) is 2.76. The van der Waals surface area contributed by atoms with Crippen LogP contribution in [-0.4, -0.2) is 8.42 Å². The molecular weight excluding hydrogens is 166 g/mol. The van der Waals surface area contributed by atoms with Crippen molar-refractivity contribution < 1.29 is 12.6 Å². The highest BCUT2D eigenvalue weighted by molar-refractivity contribution is 7.84. The van der Waals surface area contributed by atoms with Crippen molar-refractivity contribution in [3.63, 3.8) is 0 Å². The Morgan fingerprint density at radius 1 is 1.36 bits per heavy atom. The molecule has 1 aromatic rings. The van der Waals surface area contributed by atoms with E-state index in [0.29, 0.717) is 0 Å². The second kappa shape index (κ2) is 2.89. The zero-order chi connectivity index (χ0) is 8.32. The molecule has 59 valence electrons. The molecule has 0 aliphatic carbocycles. The van der Waals surface area contributed by atoms with Crippen LogP contribution >= 0.6 is 0 Å². The van der Waals surface area contributed by atoms with E-state index in [2.05, 4.69) is 15.4 Å². The van der Waals surface area contributed by atoms with Crippen LogP contribution in [0.5, 0.6) is 5.75 Å². The van der Waals surface area contributed by atoms with Crippen molar-refractivity contribution in [3.8, 4) is 5.75 Å². The van der Waals surface area contributed by atoms with Crippen molar-refractivity contribution in [2.45, 2.75) is 0 Å². The van der Waals surface area contributed by atoms with Crippen LogP contribution in [0.25, 0.3) is 0 Å². The minimum atomic E-state index is -3.89. The molecule has 0 fully saturated rings. The SMILES string of the molecule is NS(=O)(=O)Oc1cc[c]cc1. The predicted octanol–water partition coefficient (Wildman–Crippen LogP) is 0.0691. The molecule has 0 aromatic heterocycles. The maximum Gasteiger partial charge on any atom is 0.380 e. The monoisotopic (exact) mass is 172 g/mol. The summed E-state index contributed by atoms with van der Waals surface area (Å²) in [5.74, 6) is 0.186. The Balaban J connectivity index is 2.82. The molecule has 0 spiro atoms. The van der Waals surface area contributed by atoms with Gasteiger partial charge in [-0.1, -0.05) is 12.1 Å². The third-order valence-electron chi connectivity index (χ3n) is 0.900. The highest BCUT2D eigenvalue weighted by Crippen LogP contribution is 2.08. The Hall–Kier alpha value is -1.07. The third-order valence-corrected chi connectivity index (χ3v) is 1.32. The summed E-state index contributed by atoms with van der Waals surface area (Å²) >= 11 is 0. The normalized spacial score (nSPS) is 11.0. The molecule has 0 unspecified atom stereocenters. The van der Waals surface area contributed by atoms with E-state index in [1.807, 2.05) is 0 Å². The van der Waals surface area contributed by atoms with E-state index in [9.17, 15) is 8.42 Å². The predicted molar refractivity (Wildman–Crippen MR) is 39.0 cm³/mol. The number of nitrogens with two attached hydrogens (primary N) is 1. The number of hydrogen-bond donors (Lipinski definition) is 1. The zero-order valence-corrected chi connectivity index (χ0v) is 6.34. The summed E-state index contributed by atoms with van der Waals surface area (Å²) in [7, 11) is -3.89. The average molecular weight is 172 g/mol. The van der Waals surface area contributed by atoms with Gasteiger partial charge in [-0.05, 0) is 18.2 Å². The maximum atomic E-state index is 10.3. The summed E-state index contributed by atoms with van der Waals surface area (Å²) < 4.78 is 25.0. The second-order valence-electron chi connectivity index (χ2n) is 1.81. The molecule has 0 saturated carbocycles. The van der Waals surface area contributed by atoms with Crippen LogP contribution in [0.3, 0.4) is 0 Å². The lowest BCUT2D eigenvalue weighted by Crippen LogP contribution is -2.18. The van der Waals surface area contributed by atoms with Crippen LogP contribution in [0.1, 0.15) is 0 Å². The van der Waals surface area contributed by atoms with Crippen molar-refractivity contribution in [3.05, 3.63) is 30.3 Å². The van der Waals surface area contributed by atoms with E-state index in [4.69, 9.17) is 0 Å². The molecule has 4 nitrogen and oxygen atoms in total. The van der Waals surface area contributed by atoms with E-state index in [1.165, 1.54) is 24.3 Å². The summed E-state index contributed by atoms with van der Waals surface area (Å²) in [5.41, 5.74) is 0. The van der Waals surface area contributed by atoms with Gasteiger partial charge in [0.15, 0.2) is 0 Å². The van der Waals surface area contributed by atoms with E-state index < -0.39 is 10.3 Å². The van der Waals surface area contributed by atoms with Crippen LogP contribution in [-0.2, 0) is 10.3 Å². The largest absolute Gasteiger partial charge is 0.380 e. The molecule has 11 heavy (non-hydrogen) atoms. The van der Waals surface area contributed by atoms with Crippen LogP contribution in [0, 0.1) is 6.07 Å². The molecule has 5 heteroatoms. The van der Waals surface area contributed by atoms with Gasteiger partial charge in [-0.15, -0.1) is 0 Å². The van der Waals surface area contributed by atoms with Crippen LogP contribution < -0.4 is 9.32 Å². The first-order valence-corrected chi connectivity index (χ1v) is 4.23. The molecule has 1 aromatic carbocycles. The van der Waals surface area contributed by atoms with Gasteiger partial charge in [0.1, 0.15) is 5.75 Å². The molecule has 1 rings (SSSR count). The number of benzene rings is 1. The molecule has 0 saturated heterocycles. The van der Waals surface area contributed by atoms with Crippen molar-refractivity contribution >= 4 is 10.3 Å². The Bertz CT molecular complexity index is 319. The quantitative estimate of drug-likeness (QED) is 0.686. The molecule has 1 radical (unpaired) electrons. The average Bonchev–Trinajstić information content (AvgIpc) is 1.85. The Kier molecular flexibility index (Phi) is 2.11. The fourth-order valence-electron chi connectivity index (χ4n) is 0.561. The van der Waals surface area contributed by atoms with Gasteiger partial charge in [0.25, 0.3) is 0 Å². The molecule has 0 aliphatic heterocycles. The molecule has 0 heterocycles. The lowest BCUT2D eigenvalue weighted by molar-refractivity contribution is 0.488. The van der Waals surface area contributed by atoms with Gasteiger partial charge < -0.3 is 4.18 Å². The zero-order valence-electron chi connectivity index (χ0n) is 5.52. The van der Waals surface area contributed by atoms with E-state index in [0.717, 1.165) is 0 Å². The first kappa shape index (κ1) is 8.03. The fourth-order valence-corrected chi connectivity index (χ4v) is 0.941. The maximum absolute atomic E-state index is 10.3. The third kappa shape index (κ3) is 3.01. The first-order chi connectivity index (χ1) is 5.08. The van der Waals surface area contributed by atoms with Gasteiger partial charge in [-0.3, -0.25) is 0 Å². The second-order valence-corrected chi connectivity index (χ2v) is 2.96.